The molecule has 1 aliphatic rings. The first-order valence-electron chi connectivity index (χ1n) is 6.07. The lowest BCUT2D eigenvalue weighted by molar-refractivity contribution is -0.384. The first-order valence-corrected chi connectivity index (χ1v) is 7.36. The van der Waals surface area contributed by atoms with Gasteiger partial charge in [0.15, 0.2) is 0 Å². The third kappa shape index (κ3) is 2.95. The van der Waals surface area contributed by atoms with Gasteiger partial charge in [-0.25, -0.2) is 0 Å². The third-order valence-electron chi connectivity index (χ3n) is 3.31. The summed E-state index contributed by atoms with van der Waals surface area (Å²) in [6.07, 6.45) is 8.08. The van der Waals surface area contributed by atoms with Gasteiger partial charge in [-0.2, -0.15) is 11.8 Å². The molecule has 2 atom stereocenters. The maximum atomic E-state index is 10.9. The van der Waals surface area contributed by atoms with Crippen molar-refractivity contribution < 1.29 is 4.92 Å². The molecule has 18 heavy (non-hydrogen) atoms. The Kier molecular flexibility index (Phi) is 4.11. The maximum Gasteiger partial charge on any atom is 0.330 e. The Morgan fingerprint density at radius 2 is 2.39 bits per heavy atom. The molecule has 7 heteroatoms. The molecule has 1 N–H and O–H groups in total. The van der Waals surface area contributed by atoms with Crippen LogP contribution in [0, 0.1) is 10.1 Å². The second kappa shape index (κ2) is 5.60. The van der Waals surface area contributed by atoms with E-state index < -0.39 is 0 Å². The van der Waals surface area contributed by atoms with Gasteiger partial charge in [-0.3, -0.25) is 14.8 Å². The van der Waals surface area contributed by atoms with E-state index in [9.17, 15) is 10.1 Å². The van der Waals surface area contributed by atoms with Crippen molar-refractivity contribution >= 4 is 23.3 Å². The van der Waals surface area contributed by atoms with Crippen LogP contribution in [-0.2, 0) is 7.05 Å². The minimum Gasteiger partial charge on any atom is -0.360 e. The summed E-state index contributed by atoms with van der Waals surface area (Å²) in [5, 5.41) is 18.9. The molecule has 1 heterocycles. The van der Waals surface area contributed by atoms with Crippen molar-refractivity contribution in [3.8, 4) is 0 Å². The number of nitrogens with zero attached hydrogens (tertiary/aromatic N) is 3. The van der Waals surface area contributed by atoms with Crippen LogP contribution in [0.3, 0.4) is 0 Å². The van der Waals surface area contributed by atoms with Gasteiger partial charge >= 0.3 is 5.69 Å². The highest BCUT2D eigenvalue weighted by Gasteiger charge is 2.25. The number of hydrogen-bond donors (Lipinski definition) is 1. The smallest absolute Gasteiger partial charge is 0.330 e. The van der Waals surface area contributed by atoms with Crippen molar-refractivity contribution in [3.05, 3.63) is 16.3 Å². The van der Waals surface area contributed by atoms with Crippen molar-refractivity contribution in [2.45, 2.75) is 37.0 Å². The SMILES string of the molecule is CSC1CCCC(Nc2nn(C)cc2[N+](=O)[O-])C1. The molecule has 0 radical (unpaired) electrons. The second-order valence-corrected chi connectivity index (χ2v) is 5.80. The topological polar surface area (TPSA) is 73.0 Å². The molecular weight excluding hydrogens is 252 g/mol. The van der Waals surface area contributed by atoms with E-state index in [4.69, 9.17) is 0 Å². The molecule has 1 fully saturated rings. The van der Waals surface area contributed by atoms with Crippen molar-refractivity contribution in [2.75, 3.05) is 11.6 Å². The summed E-state index contributed by atoms with van der Waals surface area (Å²) in [6.45, 7) is 0. The zero-order valence-corrected chi connectivity index (χ0v) is 11.4. The van der Waals surface area contributed by atoms with E-state index in [1.165, 1.54) is 23.7 Å². The van der Waals surface area contributed by atoms with Gasteiger partial charge in [0.1, 0.15) is 6.20 Å². The summed E-state index contributed by atoms with van der Waals surface area (Å²) < 4.78 is 1.48. The van der Waals surface area contributed by atoms with Crippen LogP contribution in [0.25, 0.3) is 0 Å². The van der Waals surface area contributed by atoms with Crippen LogP contribution in [0.2, 0.25) is 0 Å². The number of nitrogens with one attached hydrogen (secondary N) is 1. The standard InChI is InChI=1S/C11H18N4O2S/c1-14-7-10(15(16)17)11(13-14)12-8-4-3-5-9(6-8)18-2/h7-9H,3-6H2,1-2H3,(H,12,13). The van der Waals surface area contributed by atoms with Gasteiger partial charge in [0.25, 0.3) is 0 Å². The summed E-state index contributed by atoms with van der Waals surface area (Å²) >= 11 is 1.88. The molecule has 1 saturated carbocycles. The Morgan fingerprint density at radius 1 is 1.61 bits per heavy atom. The van der Waals surface area contributed by atoms with E-state index in [1.807, 2.05) is 11.8 Å². The van der Waals surface area contributed by atoms with E-state index in [2.05, 4.69) is 16.7 Å². The van der Waals surface area contributed by atoms with Crippen molar-refractivity contribution in [1.29, 1.82) is 0 Å². The fraction of sp³-hybridized carbons (Fsp3) is 0.727. The van der Waals surface area contributed by atoms with Gasteiger partial charge in [0, 0.05) is 18.3 Å². The van der Waals surface area contributed by atoms with Gasteiger partial charge in [-0.05, 0) is 25.5 Å². The predicted octanol–water partition coefficient (Wildman–Crippen LogP) is 2.41. The lowest BCUT2D eigenvalue weighted by Gasteiger charge is -2.28. The average molecular weight is 270 g/mol. The quantitative estimate of drug-likeness (QED) is 0.672. The first-order chi connectivity index (χ1) is 8.60. The molecule has 0 spiro atoms. The van der Waals surface area contributed by atoms with E-state index in [-0.39, 0.29) is 10.6 Å². The molecule has 1 aliphatic carbocycles. The lowest BCUT2D eigenvalue weighted by Crippen LogP contribution is -2.28. The molecule has 0 amide bonds. The van der Waals surface area contributed by atoms with E-state index in [1.54, 1.807) is 7.05 Å². The van der Waals surface area contributed by atoms with Crippen LogP contribution in [0.1, 0.15) is 25.7 Å². The van der Waals surface area contributed by atoms with Crippen molar-refractivity contribution in [3.63, 3.8) is 0 Å². The Balaban J connectivity index is 2.06. The lowest BCUT2D eigenvalue weighted by atomic mass is 9.95. The fourth-order valence-corrected chi connectivity index (χ4v) is 3.22. The average Bonchev–Trinajstić information content (AvgIpc) is 2.70. The highest BCUT2D eigenvalue weighted by atomic mass is 32.2. The Morgan fingerprint density at radius 3 is 3.06 bits per heavy atom. The molecule has 2 unspecified atom stereocenters. The van der Waals surface area contributed by atoms with Gasteiger partial charge in [0.2, 0.25) is 5.82 Å². The molecule has 1 aromatic rings. The monoisotopic (exact) mass is 270 g/mol. The molecule has 1 aromatic heterocycles. The number of aromatic nitrogens is 2. The van der Waals surface area contributed by atoms with E-state index >= 15 is 0 Å². The van der Waals surface area contributed by atoms with Crippen LogP contribution >= 0.6 is 11.8 Å². The number of nitro groups is 1. The van der Waals surface area contributed by atoms with Crippen LogP contribution in [-0.4, -0.2) is 32.3 Å². The highest BCUT2D eigenvalue weighted by Crippen LogP contribution is 2.30. The van der Waals surface area contributed by atoms with Crippen LogP contribution in [0.5, 0.6) is 0 Å². The molecule has 2 rings (SSSR count). The summed E-state index contributed by atoms with van der Waals surface area (Å²) in [5.41, 5.74) is 0.0591. The van der Waals surface area contributed by atoms with Crippen molar-refractivity contribution in [1.82, 2.24) is 9.78 Å². The molecule has 100 valence electrons. The molecule has 0 saturated heterocycles. The molecule has 0 bridgehead atoms. The predicted molar refractivity (Wildman–Crippen MR) is 73.0 cm³/mol. The van der Waals surface area contributed by atoms with Crippen molar-refractivity contribution in [2.24, 2.45) is 7.05 Å². The van der Waals surface area contributed by atoms with Crippen LogP contribution in [0.15, 0.2) is 6.20 Å². The van der Waals surface area contributed by atoms with E-state index in [0.717, 1.165) is 12.8 Å². The van der Waals surface area contributed by atoms with Crippen LogP contribution in [0.4, 0.5) is 11.5 Å². The maximum absolute atomic E-state index is 10.9. The van der Waals surface area contributed by atoms with Gasteiger partial charge in [-0.1, -0.05) is 6.42 Å². The zero-order valence-electron chi connectivity index (χ0n) is 10.6. The Labute approximate surface area is 110 Å². The number of aryl methyl sites for hydroxylation is 1. The van der Waals surface area contributed by atoms with Gasteiger partial charge in [0.05, 0.1) is 4.92 Å². The fourth-order valence-electron chi connectivity index (χ4n) is 2.40. The first kappa shape index (κ1) is 13.2. The summed E-state index contributed by atoms with van der Waals surface area (Å²) in [4.78, 5) is 10.5. The summed E-state index contributed by atoms with van der Waals surface area (Å²) in [6, 6.07) is 0.296. The van der Waals surface area contributed by atoms with Gasteiger partial charge < -0.3 is 5.32 Å². The van der Waals surface area contributed by atoms with Gasteiger partial charge in [-0.15, -0.1) is 5.10 Å². The molecule has 0 aromatic carbocycles. The number of rotatable bonds is 4. The molecule has 0 aliphatic heterocycles. The third-order valence-corrected chi connectivity index (χ3v) is 4.40. The summed E-state index contributed by atoms with van der Waals surface area (Å²) in [5.74, 6) is 0.397. The number of thioether (sulfide) groups is 1. The normalized spacial score (nSPS) is 23.9. The van der Waals surface area contributed by atoms with E-state index in [0.29, 0.717) is 17.1 Å². The molecule has 6 nitrogen and oxygen atoms in total. The number of anilines is 1. The summed E-state index contributed by atoms with van der Waals surface area (Å²) in [7, 11) is 1.70. The molecular formula is C11H18N4O2S. The Bertz CT molecular complexity index is 435. The van der Waals surface area contributed by atoms with Crippen LogP contribution < -0.4 is 5.32 Å². The minimum absolute atomic E-state index is 0.0591. The largest absolute Gasteiger partial charge is 0.360 e. The highest BCUT2D eigenvalue weighted by molar-refractivity contribution is 7.99. The second-order valence-electron chi connectivity index (χ2n) is 4.66. The zero-order chi connectivity index (χ0) is 13.1. The minimum atomic E-state index is -0.385. The Hall–Kier alpha value is -1.24. The number of hydrogen-bond acceptors (Lipinski definition) is 5.